The van der Waals surface area contributed by atoms with Crippen molar-refractivity contribution in [3.05, 3.63) is 102 Å². The zero-order valence-corrected chi connectivity index (χ0v) is 28.6. The van der Waals surface area contributed by atoms with Gasteiger partial charge in [0.1, 0.15) is 12.7 Å². The van der Waals surface area contributed by atoms with Crippen LogP contribution in [0.4, 0.5) is 4.79 Å². The number of benzene rings is 3. The van der Waals surface area contributed by atoms with E-state index in [1.165, 1.54) is 6.92 Å². The van der Waals surface area contributed by atoms with E-state index in [1.54, 1.807) is 18.4 Å². The average Bonchev–Trinajstić information content (AvgIpc) is 3.82. The van der Waals surface area contributed by atoms with Crippen molar-refractivity contribution in [3.8, 4) is 28.5 Å². The summed E-state index contributed by atoms with van der Waals surface area (Å²) in [6.07, 6.45) is 10.1. The van der Waals surface area contributed by atoms with Gasteiger partial charge in [-0.25, -0.2) is 9.59 Å². The molecule has 3 heterocycles. The molecule has 1 aliphatic carbocycles. The van der Waals surface area contributed by atoms with E-state index in [9.17, 15) is 9.59 Å². The van der Waals surface area contributed by atoms with Gasteiger partial charge >= 0.3 is 12.1 Å². The molecule has 0 bridgehead atoms. The summed E-state index contributed by atoms with van der Waals surface area (Å²) in [6, 6.07) is 21.5. The second kappa shape index (κ2) is 17.1. The van der Waals surface area contributed by atoms with Crippen molar-refractivity contribution in [3.63, 3.8) is 0 Å². The number of nitrogens with zero attached hydrogens (tertiary/aromatic N) is 5. The number of allylic oxidation sites excluding steroid dienone is 2. The van der Waals surface area contributed by atoms with Crippen LogP contribution in [0.25, 0.3) is 33.5 Å². The minimum Gasteiger partial charge on any atom is -0.497 e. The third-order valence-corrected chi connectivity index (χ3v) is 8.31. The number of ether oxygens (including phenoxy) is 5. The molecule has 1 fully saturated rings. The van der Waals surface area contributed by atoms with Crippen LogP contribution < -0.4 is 4.74 Å². The highest BCUT2D eigenvalue weighted by Crippen LogP contribution is 2.31. The molecule has 264 valence electrons. The fraction of sp³-hybridized carbons (Fsp3) is 0.316. The normalized spacial score (nSPS) is 14.5. The number of aromatic amines is 1. The zero-order chi connectivity index (χ0) is 35.4. The van der Waals surface area contributed by atoms with Crippen LogP contribution in [-0.4, -0.2) is 67.9 Å². The number of imidazole rings is 1. The predicted molar refractivity (Wildman–Crippen MR) is 189 cm³/mol. The lowest BCUT2D eigenvalue weighted by Crippen LogP contribution is -2.26. The topological polar surface area (TPSA) is 153 Å². The van der Waals surface area contributed by atoms with Gasteiger partial charge in [0.15, 0.2) is 0 Å². The van der Waals surface area contributed by atoms with E-state index in [4.69, 9.17) is 23.7 Å². The molecule has 1 saturated carbocycles. The summed E-state index contributed by atoms with van der Waals surface area (Å²) in [5, 5.41) is 14.5. The van der Waals surface area contributed by atoms with Crippen LogP contribution in [-0.2, 0) is 25.5 Å². The van der Waals surface area contributed by atoms with E-state index in [-0.39, 0.29) is 11.7 Å². The number of nitrogens with one attached hydrogen (secondary N) is 1. The molecule has 13 nitrogen and oxygen atoms in total. The van der Waals surface area contributed by atoms with Crippen molar-refractivity contribution in [1.82, 2.24) is 30.2 Å². The lowest BCUT2D eigenvalue weighted by atomic mass is 9.98. The van der Waals surface area contributed by atoms with E-state index in [0.717, 1.165) is 61.0 Å². The lowest BCUT2D eigenvalue weighted by molar-refractivity contribution is -0.0914. The molecule has 0 saturated heterocycles. The smallest absolute Gasteiger partial charge is 0.497 e. The molecule has 7 rings (SSSR count). The molecule has 3 aromatic carbocycles. The van der Waals surface area contributed by atoms with Crippen LogP contribution in [0.3, 0.4) is 0 Å². The minimum atomic E-state index is -1.14. The first-order chi connectivity index (χ1) is 25.0. The van der Waals surface area contributed by atoms with Crippen molar-refractivity contribution in [2.24, 2.45) is 0 Å². The van der Waals surface area contributed by atoms with Crippen molar-refractivity contribution in [2.75, 3.05) is 13.2 Å². The van der Waals surface area contributed by atoms with E-state index >= 15 is 0 Å². The van der Waals surface area contributed by atoms with E-state index in [2.05, 4.69) is 25.6 Å². The van der Waals surface area contributed by atoms with Crippen molar-refractivity contribution in [1.29, 1.82) is 0 Å². The molecule has 0 amide bonds. The Morgan fingerprint density at radius 1 is 0.961 bits per heavy atom. The fourth-order valence-corrected chi connectivity index (χ4v) is 5.96. The van der Waals surface area contributed by atoms with Crippen LogP contribution in [0.5, 0.6) is 6.01 Å². The van der Waals surface area contributed by atoms with Gasteiger partial charge in [0, 0.05) is 12.5 Å². The number of H-pyrrole nitrogens is 1. The Morgan fingerprint density at radius 2 is 1.76 bits per heavy atom. The number of para-hydroxylation sites is 1. The van der Waals surface area contributed by atoms with Gasteiger partial charge in [0.2, 0.25) is 12.1 Å². The standard InChI is InChI=1S/C33H34N6O6.C5H6O/c1-3-42-32-34-28-15-9-14-27(31(40)43-21(2)44-33(41)45-24-10-5-4-6-11-24)29(28)39(32)20-22-16-18-23(19-17-22)25-12-7-8-13-26(25)30-35-37-38-36-30;1-2-4-6-5-3-1/h7-9,12-19,21,24H,3-6,10-11,20H2,1-2H3,(H,35,36,37,38);1-4H,5H2. The Balaban J connectivity index is 0.000000677. The number of aromatic nitrogens is 6. The molecule has 1 unspecified atom stereocenters. The van der Waals surface area contributed by atoms with Gasteiger partial charge in [0.05, 0.1) is 36.0 Å². The van der Waals surface area contributed by atoms with E-state index in [1.807, 2.05) is 84.3 Å². The summed E-state index contributed by atoms with van der Waals surface area (Å²) in [6.45, 7) is 4.86. The van der Waals surface area contributed by atoms with Gasteiger partial charge in [0.25, 0.3) is 6.01 Å². The van der Waals surface area contributed by atoms with Crippen molar-refractivity contribution in [2.45, 2.75) is 64.9 Å². The van der Waals surface area contributed by atoms with Gasteiger partial charge in [-0.15, -0.1) is 10.2 Å². The second-order valence-corrected chi connectivity index (χ2v) is 11.9. The molecule has 1 atom stereocenters. The number of carbonyl (C=O) groups excluding carboxylic acids is 2. The number of rotatable bonds is 10. The summed E-state index contributed by atoms with van der Waals surface area (Å²) < 4.78 is 28.7. The van der Waals surface area contributed by atoms with Crippen LogP contribution in [0.2, 0.25) is 0 Å². The molecule has 2 aromatic heterocycles. The molecule has 0 spiro atoms. The van der Waals surface area contributed by atoms with Gasteiger partial charge in [-0.05, 0) is 78.8 Å². The van der Waals surface area contributed by atoms with Crippen molar-refractivity contribution < 1.29 is 33.3 Å². The number of fused-ring (bicyclic) bond motifs is 1. The molecule has 51 heavy (non-hydrogen) atoms. The number of hydrogen-bond donors (Lipinski definition) is 1. The van der Waals surface area contributed by atoms with Gasteiger partial charge in [-0.2, -0.15) is 10.2 Å². The number of carbonyl (C=O) groups is 2. The lowest BCUT2D eigenvalue weighted by Gasteiger charge is -2.22. The summed E-state index contributed by atoms with van der Waals surface area (Å²) in [4.78, 5) is 30.3. The second-order valence-electron chi connectivity index (χ2n) is 11.9. The zero-order valence-electron chi connectivity index (χ0n) is 28.6. The average molecular weight is 693 g/mol. The Kier molecular flexibility index (Phi) is 11.7. The maximum atomic E-state index is 13.4. The largest absolute Gasteiger partial charge is 0.511 e. The number of esters is 1. The van der Waals surface area contributed by atoms with Gasteiger partial charge in [-0.1, -0.05) is 67.1 Å². The highest BCUT2D eigenvalue weighted by Gasteiger charge is 2.25. The van der Waals surface area contributed by atoms with Crippen LogP contribution in [0, 0.1) is 0 Å². The first-order valence-electron chi connectivity index (χ1n) is 17.1. The predicted octanol–water partition coefficient (Wildman–Crippen LogP) is 7.41. The molecule has 2 aliphatic rings. The van der Waals surface area contributed by atoms with E-state index < -0.39 is 18.4 Å². The maximum absolute atomic E-state index is 13.4. The first-order valence-corrected chi connectivity index (χ1v) is 17.1. The third-order valence-electron chi connectivity index (χ3n) is 8.31. The van der Waals surface area contributed by atoms with Gasteiger partial charge < -0.3 is 23.7 Å². The summed E-state index contributed by atoms with van der Waals surface area (Å²) >= 11 is 0. The van der Waals surface area contributed by atoms with Crippen LogP contribution in [0.15, 0.2) is 91.2 Å². The van der Waals surface area contributed by atoms with Crippen LogP contribution >= 0.6 is 0 Å². The van der Waals surface area contributed by atoms with Crippen molar-refractivity contribution >= 4 is 23.2 Å². The Hall–Kier alpha value is -5.98. The number of hydrogen-bond acceptors (Lipinski definition) is 11. The maximum Gasteiger partial charge on any atom is 0.511 e. The summed E-state index contributed by atoms with van der Waals surface area (Å²) in [7, 11) is 0. The molecule has 1 N–H and O–H groups in total. The molecule has 5 aromatic rings. The highest BCUT2D eigenvalue weighted by atomic mass is 16.8. The van der Waals surface area contributed by atoms with Gasteiger partial charge in [-0.3, -0.25) is 4.57 Å². The fourth-order valence-electron chi connectivity index (χ4n) is 5.96. The molecule has 1 aliphatic heterocycles. The first kappa shape index (κ1) is 34.9. The Morgan fingerprint density at radius 3 is 2.43 bits per heavy atom. The molecule has 0 radical (unpaired) electrons. The summed E-state index contributed by atoms with van der Waals surface area (Å²) in [5.41, 5.74) is 5.17. The molecule has 13 heteroatoms. The Labute approximate surface area is 295 Å². The van der Waals surface area contributed by atoms with Crippen LogP contribution in [0.1, 0.15) is 61.9 Å². The quantitative estimate of drug-likeness (QED) is 0.115. The monoisotopic (exact) mass is 692 g/mol. The Bertz CT molecular complexity index is 1950. The summed E-state index contributed by atoms with van der Waals surface area (Å²) in [5.74, 6) is -0.141. The molecular formula is C38H40N6O7. The third kappa shape index (κ3) is 8.98. The van der Waals surface area contributed by atoms with E-state index in [0.29, 0.717) is 36.0 Å². The highest BCUT2D eigenvalue weighted by molar-refractivity contribution is 6.02. The number of tetrazole rings is 1. The SMILES string of the molecule is C1=CCOC=C1.CCOc1nc2cccc(C(=O)OC(C)OC(=O)OC3CCCCC3)c2n1Cc1ccc(-c2ccccc2-c2nn[nH]n2)cc1. The molecular weight excluding hydrogens is 652 g/mol. The minimum absolute atomic E-state index is 0.163.